The molecule has 11 N–H and O–H groups in total. The molecule has 0 unspecified atom stereocenters. The maximum absolute atomic E-state index is 14.1. The van der Waals surface area contributed by atoms with E-state index in [0.717, 1.165) is 30.1 Å². The smallest absolute Gasteiger partial charge is 0.335 e. The Labute approximate surface area is 515 Å². The van der Waals surface area contributed by atoms with Crippen LogP contribution >= 0.6 is 0 Å². The molecular formula is C64H100O24. The fraction of sp³-hybridized carbons (Fsp3) is 0.844. The fourth-order valence-electron chi connectivity index (χ4n) is 17.3. The summed E-state index contributed by atoms with van der Waals surface area (Å²) < 4.78 is 55.5. The number of carbonyl (C=O) groups is 4. The van der Waals surface area contributed by atoms with Crippen molar-refractivity contribution in [2.24, 2.45) is 56.2 Å². The summed E-state index contributed by atoms with van der Waals surface area (Å²) in [5.41, 5.74) is -3.11. The molecule has 3 saturated heterocycles. The van der Waals surface area contributed by atoms with Gasteiger partial charge in [-0.1, -0.05) is 91.2 Å². The second kappa shape index (κ2) is 26.5. The zero-order valence-electron chi connectivity index (χ0n) is 53.2. The highest BCUT2D eigenvalue weighted by Gasteiger charge is 2.76. The first-order valence-corrected chi connectivity index (χ1v) is 31.4. The van der Waals surface area contributed by atoms with Gasteiger partial charge in [0.2, 0.25) is 0 Å². The molecule has 5 aliphatic carbocycles. The number of carboxylic acids is 1. The summed E-state index contributed by atoms with van der Waals surface area (Å²) in [7, 11) is 0. The standard InChI is InChI=1S/C64H100O24/c1-14-31(5)55(79)88-53-52(84-40(69)24-30(4)17-15-16-29(2)3)59(7,8)25-34-33-18-19-38-61(11)22-21-39(60(9,10)37(61)20-23-62(38,12)63(33,13)50(75)51(76)64(34,53)28-67)83-58-49(87-57-45(74)43(72)41(70)35(26-65)81-57)47(80-32(6)68)46(48(86-58)54(77)78)85-56-44(73)42(71)36(27-66)82-56/h16,18,24,31,34-39,41-53,56-58,65-67,70-76H,14-15,17,19-23,25-28H2,1-13H3,(H,77,78)/b30-24+/t31-,34+,35-,36+,37+,38-,39+,41-,42+,43+,44-,45-,46+,47+,48+,49-,50+,51-,52+,53+,56+,57+,58-,61+,62-,63+,64+/m1/s1. The molecule has 24 nitrogen and oxygen atoms in total. The van der Waals surface area contributed by atoms with Crippen LogP contribution in [-0.4, -0.2) is 216 Å². The van der Waals surface area contributed by atoms with Crippen molar-refractivity contribution in [2.45, 2.75) is 264 Å². The first kappa shape index (κ1) is 70.3. The van der Waals surface area contributed by atoms with Crippen molar-refractivity contribution in [3.8, 4) is 0 Å². The van der Waals surface area contributed by atoms with Gasteiger partial charge in [-0.15, -0.1) is 0 Å². The molecule has 27 atom stereocenters. The van der Waals surface area contributed by atoms with Crippen molar-refractivity contribution in [2.75, 3.05) is 19.8 Å². The number of allylic oxidation sites excluding steroid dienone is 4. The van der Waals surface area contributed by atoms with Crippen LogP contribution < -0.4 is 0 Å². The number of aliphatic carboxylic acids is 1. The summed E-state index contributed by atoms with van der Waals surface area (Å²) in [6.45, 7) is 22.3. The molecule has 7 fully saturated rings. The Bertz CT molecular complexity index is 2620. The Morgan fingerprint density at radius 1 is 0.693 bits per heavy atom. The maximum atomic E-state index is 14.1. The normalized spacial score (nSPS) is 45.7. The van der Waals surface area contributed by atoms with Crippen LogP contribution in [0.2, 0.25) is 0 Å². The minimum Gasteiger partial charge on any atom is -0.479 e. The van der Waals surface area contributed by atoms with E-state index < -0.39 is 205 Å². The van der Waals surface area contributed by atoms with Crippen LogP contribution in [-0.2, 0) is 61.8 Å². The highest BCUT2D eigenvalue weighted by Crippen LogP contribution is 2.76. The van der Waals surface area contributed by atoms with Gasteiger partial charge in [0.25, 0.3) is 0 Å². The number of rotatable bonds is 19. The number of carbonyl (C=O) groups excluding carboxylic acids is 3. The van der Waals surface area contributed by atoms with Crippen molar-refractivity contribution in [1.82, 2.24) is 0 Å². The predicted molar refractivity (Wildman–Crippen MR) is 309 cm³/mol. The number of ether oxygens (including phenoxy) is 9. The first-order valence-electron chi connectivity index (χ1n) is 31.4. The van der Waals surface area contributed by atoms with E-state index in [1.807, 2.05) is 62.3 Å². The first-order chi connectivity index (χ1) is 41.1. The molecular weight excluding hydrogens is 1150 g/mol. The second-order valence-corrected chi connectivity index (χ2v) is 28.8. The number of hydrogen-bond acceptors (Lipinski definition) is 23. The molecule has 500 valence electrons. The van der Waals surface area contributed by atoms with E-state index in [-0.39, 0.29) is 18.3 Å². The van der Waals surface area contributed by atoms with Crippen LogP contribution in [0.5, 0.6) is 0 Å². The third-order valence-electron chi connectivity index (χ3n) is 22.6. The molecule has 0 aromatic rings. The van der Waals surface area contributed by atoms with Crippen molar-refractivity contribution in [3.05, 3.63) is 34.9 Å². The molecule has 0 aromatic carbocycles. The largest absolute Gasteiger partial charge is 0.479 e. The fourth-order valence-corrected chi connectivity index (χ4v) is 17.3. The molecule has 8 rings (SSSR count). The Hall–Kier alpha value is -3.54. The highest BCUT2D eigenvalue weighted by atomic mass is 16.8. The van der Waals surface area contributed by atoms with Gasteiger partial charge in [-0.05, 0) is 113 Å². The molecule has 3 heterocycles. The SMILES string of the molecule is CC[C@@H](C)C(=O)O[C@H]1[C@H](OC(=O)/C=C(\C)CCC=C(C)C)C(C)(C)C[C@H]2C3=CC[C@@H]4[C@@]5(C)CC[C@H](O[C@@H]6O[C@H](C(=O)O)[C@@H](O[C@@H]7O[C@@H](CO)[C@H](O)[C@H]7O)[C@H](OC(C)=O)[C@H]6O[C@@H]6O[C@H](CO)[C@@H](O)[C@H](O)[C@H]6O)C(C)(C)[C@@H]5CC[C@@]4(C)[C@]3(C)[C@@H](O)[C@@H](O)[C@]21CO. The van der Waals surface area contributed by atoms with Gasteiger partial charge in [-0.2, -0.15) is 0 Å². The third kappa shape index (κ3) is 12.1. The van der Waals surface area contributed by atoms with Crippen LogP contribution in [0.3, 0.4) is 0 Å². The Morgan fingerprint density at radius 3 is 1.86 bits per heavy atom. The topological polar surface area (TPSA) is 374 Å². The van der Waals surface area contributed by atoms with E-state index in [1.54, 1.807) is 6.92 Å². The molecule has 8 aliphatic rings. The van der Waals surface area contributed by atoms with Gasteiger partial charge < -0.3 is 98.8 Å². The second-order valence-electron chi connectivity index (χ2n) is 28.8. The minimum absolute atomic E-state index is 0.166. The lowest BCUT2D eigenvalue weighted by molar-refractivity contribution is -0.383. The zero-order valence-corrected chi connectivity index (χ0v) is 53.2. The van der Waals surface area contributed by atoms with E-state index in [2.05, 4.69) is 26.0 Å². The number of aliphatic hydroxyl groups excluding tert-OH is 10. The number of aliphatic hydroxyl groups is 10. The summed E-state index contributed by atoms with van der Waals surface area (Å²) in [5, 5.41) is 124. The highest BCUT2D eigenvalue weighted by molar-refractivity contribution is 5.83. The lowest BCUT2D eigenvalue weighted by Crippen LogP contribution is -2.76. The Balaban J connectivity index is 1.13. The summed E-state index contributed by atoms with van der Waals surface area (Å²) in [5.74, 6) is -5.50. The van der Waals surface area contributed by atoms with E-state index in [1.165, 1.54) is 6.08 Å². The molecule has 0 bridgehead atoms. The number of fused-ring (bicyclic) bond motifs is 7. The van der Waals surface area contributed by atoms with Gasteiger partial charge in [-0.3, -0.25) is 9.59 Å². The van der Waals surface area contributed by atoms with Crippen LogP contribution in [0, 0.1) is 56.2 Å². The van der Waals surface area contributed by atoms with E-state index in [9.17, 15) is 75.3 Å². The monoisotopic (exact) mass is 1250 g/mol. The molecule has 0 aromatic heterocycles. The summed E-state index contributed by atoms with van der Waals surface area (Å²) in [6.07, 6.45) is -22.0. The third-order valence-corrected chi connectivity index (χ3v) is 22.6. The molecule has 0 spiro atoms. The van der Waals surface area contributed by atoms with Crippen molar-refractivity contribution < 1.29 is 118 Å². The van der Waals surface area contributed by atoms with Gasteiger partial charge in [0.1, 0.15) is 54.9 Å². The Morgan fingerprint density at radius 2 is 1.30 bits per heavy atom. The van der Waals surface area contributed by atoms with Crippen LogP contribution in [0.4, 0.5) is 0 Å². The van der Waals surface area contributed by atoms with Crippen molar-refractivity contribution in [3.63, 3.8) is 0 Å². The molecule has 88 heavy (non-hydrogen) atoms. The molecule has 4 saturated carbocycles. The molecule has 0 radical (unpaired) electrons. The average molecular weight is 1250 g/mol. The van der Waals surface area contributed by atoms with Gasteiger partial charge in [0, 0.05) is 23.8 Å². The summed E-state index contributed by atoms with van der Waals surface area (Å²) in [6, 6.07) is 0. The van der Waals surface area contributed by atoms with E-state index in [4.69, 9.17) is 42.6 Å². The summed E-state index contributed by atoms with van der Waals surface area (Å²) in [4.78, 5) is 54.5. The zero-order chi connectivity index (χ0) is 65.3. The average Bonchev–Trinajstić information content (AvgIpc) is 0.817. The minimum atomic E-state index is -2.09. The Kier molecular flexibility index (Phi) is 21.1. The molecule has 3 aliphatic heterocycles. The molecule has 0 amide bonds. The van der Waals surface area contributed by atoms with Crippen molar-refractivity contribution in [1.29, 1.82) is 0 Å². The lowest BCUT2D eigenvalue weighted by Gasteiger charge is -2.73. The lowest BCUT2D eigenvalue weighted by atomic mass is 9.32. The summed E-state index contributed by atoms with van der Waals surface area (Å²) >= 11 is 0. The van der Waals surface area contributed by atoms with Crippen LogP contribution in [0.25, 0.3) is 0 Å². The van der Waals surface area contributed by atoms with Crippen LogP contribution in [0.1, 0.15) is 148 Å². The molecule has 24 heteroatoms. The predicted octanol–water partition coefficient (Wildman–Crippen LogP) is 2.64. The number of carboxylic acid groups (broad SMARTS) is 1. The van der Waals surface area contributed by atoms with Crippen molar-refractivity contribution >= 4 is 23.9 Å². The van der Waals surface area contributed by atoms with E-state index in [0.29, 0.717) is 44.9 Å². The number of esters is 3. The van der Waals surface area contributed by atoms with Gasteiger partial charge in [0.15, 0.2) is 43.3 Å². The van der Waals surface area contributed by atoms with E-state index >= 15 is 0 Å². The van der Waals surface area contributed by atoms with Gasteiger partial charge in [-0.25, -0.2) is 9.59 Å². The maximum Gasteiger partial charge on any atom is 0.335 e. The van der Waals surface area contributed by atoms with Crippen LogP contribution in [0.15, 0.2) is 34.9 Å². The van der Waals surface area contributed by atoms with Gasteiger partial charge >= 0.3 is 23.9 Å². The number of hydrogen-bond donors (Lipinski definition) is 11. The quantitative estimate of drug-likeness (QED) is 0.0291. The van der Waals surface area contributed by atoms with Gasteiger partial charge in [0.05, 0.1) is 49.5 Å².